The molecule has 1 rings (SSSR count). The molecule has 1 aromatic carbocycles. The van der Waals surface area contributed by atoms with Gasteiger partial charge in [0.15, 0.2) is 0 Å². The number of carbonyl (C=O) groups is 1. The molecule has 100 valence electrons. The first-order valence-electron chi connectivity index (χ1n) is 5.98. The van der Waals surface area contributed by atoms with E-state index < -0.39 is 0 Å². The zero-order valence-electron chi connectivity index (χ0n) is 11.5. The minimum absolute atomic E-state index is 0.0436. The molecule has 0 saturated heterocycles. The summed E-state index contributed by atoms with van der Waals surface area (Å²) in [5.74, 6) is 1.20. The van der Waals surface area contributed by atoms with Crippen LogP contribution in [0.4, 0.5) is 0 Å². The van der Waals surface area contributed by atoms with Crippen molar-refractivity contribution in [3.63, 3.8) is 0 Å². The summed E-state index contributed by atoms with van der Waals surface area (Å²) < 4.78 is 5.41. The topological polar surface area (TPSA) is 29.5 Å². The first-order chi connectivity index (χ1) is 8.49. The molecule has 1 amide bonds. The maximum Gasteiger partial charge on any atom is 0.232 e. The monoisotopic (exact) mass is 267 g/mol. The van der Waals surface area contributed by atoms with Gasteiger partial charge in [-0.1, -0.05) is 6.07 Å². The van der Waals surface area contributed by atoms with Gasteiger partial charge in [-0.05, 0) is 43.0 Å². The van der Waals surface area contributed by atoms with E-state index >= 15 is 0 Å². The zero-order chi connectivity index (χ0) is 13.7. The highest BCUT2D eigenvalue weighted by Crippen LogP contribution is 2.24. The van der Waals surface area contributed by atoms with Crippen molar-refractivity contribution in [1.29, 1.82) is 0 Å². The number of methoxy groups -OCH3 is 1. The molecule has 0 radical (unpaired) electrons. The zero-order valence-corrected chi connectivity index (χ0v) is 12.4. The summed E-state index contributed by atoms with van der Waals surface area (Å²) >= 11 is 3.99. The highest BCUT2D eigenvalue weighted by atomic mass is 32.1. The SMILES string of the molecule is COc1cc(C)cc(C)c1CCN(C)C(=O)CS. The Morgan fingerprint density at radius 3 is 2.61 bits per heavy atom. The molecule has 0 bridgehead atoms. The van der Waals surface area contributed by atoms with Gasteiger partial charge in [-0.15, -0.1) is 0 Å². The normalized spacial score (nSPS) is 10.3. The lowest BCUT2D eigenvalue weighted by Gasteiger charge is -2.18. The van der Waals surface area contributed by atoms with Crippen molar-refractivity contribution < 1.29 is 9.53 Å². The molecule has 4 heteroatoms. The number of aryl methyl sites for hydroxylation is 2. The average Bonchev–Trinajstić information content (AvgIpc) is 2.35. The Kier molecular flexibility index (Phi) is 5.54. The molecule has 0 aliphatic heterocycles. The summed E-state index contributed by atoms with van der Waals surface area (Å²) in [4.78, 5) is 13.1. The number of carbonyl (C=O) groups excluding carboxylic acids is 1. The van der Waals surface area contributed by atoms with Crippen LogP contribution < -0.4 is 4.74 Å². The van der Waals surface area contributed by atoms with Crippen LogP contribution in [-0.4, -0.2) is 37.3 Å². The number of thiol groups is 1. The molecule has 0 heterocycles. The molecule has 0 aliphatic rings. The number of hydrogen-bond acceptors (Lipinski definition) is 3. The van der Waals surface area contributed by atoms with Gasteiger partial charge in [0.1, 0.15) is 5.75 Å². The third-order valence-corrected chi connectivity index (χ3v) is 3.33. The highest BCUT2D eigenvalue weighted by Gasteiger charge is 2.11. The molecule has 0 atom stereocenters. The predicted molar refractivity (Wildman–Crippen MR) is 77.7 cm³/mol. The van der Waals surface area contributed by atoms with Crippen molar-refractivity contribution in [3.8, 4) is 5.75 Å². The molecule has 0 aliphatic carbocycles. The van der Waals surface area contributed by atoms with E-state index in [4.69, 9.17) is 4.74 Å². The summed E-state index contributed by atoms with van der Waals surface area (Å²) in [6, 6.07) is 4.17. The van der Waals surface area contributed by atoms with E-state index in [0.29, 0.717) is 6.54 Å². The van der Waals surface area contributed by atoms with E-state index in [-0.39, 0.29) is 11.7 Å². The Bertz CT molecular complexity index is 432. The second kappa shape index (κ2) is 6.69. The van der Waals surface area contributed by atoms with Gasteiger partial charge in [0, 0.05) is 13.6 Å². The molecule has 3 nitrogen and oxygen atoms in total. The van der Waals surface area contributed by atoms with Crippen LogP contribution in [0, 0.1) is 13.8 Å². The number of benzene rings is 1. The highest BCUT2D eigenvalue weighted by molar-refractivity contribution is 7.81. The Balaban J connectivity index is 2.81. The van der Waals surface area contributed by atoms with Crippen molar-refractivity contribution in [2.24, 2.45) is 0 Å². The molecule has 0 fully saturated rings. The minimum atomic E-state index is 0.0436. The Labute approximate surface area is 115 Å². The largest absolute Gasteiger partial charge is 0.496 e. The lowest BCUT2D eigenvalue weighted by atomic mass is 10.0. The van der Waals surface area contributed by atoms with Crippen LogP contribution in [0.3, 0.4) is 0 Å². The van der Waals surface area contributed by atoms with E-state index in [2.05, 4.69) is 32.5 Å². The smallest absolute Gasteiger partial charge is 0.232 e. The van der Waals surface area contributed by atoms with Crippen LogP contribution >= 0.6 is 12.6 Å². The Hall–Kier alpha value is -1.16. The second-order valence-electron chi connectivity index (χ2n) is 4.49. The van der Waals surface area contributed by atoms with E-state index in [1.54, 1.807) is 19.1 Å². The fourth-order valence-corrected chi connectivity index (χ4v) is 2.23. The third kappa shape index (κ3) is 3.67. The van der Waals surface area contributed by atoms with Crippen LogP contribution in [0.15, 0.2) is 12.1 Å². The molecule has 1 aromatic rings. The van der Waals surface area contributed by atoms with Crippen LogP contribution in [0.25, 0.3) is 0 Å². The maximum absolute atomic E-state index is 11.4. The van der Waals surface area contributed by atoms with Gasteiger partial charge >= 0.3 is 0 Å². The van der Waals surface area contributed by atoms with Crippen molar-refractivity contribution >= 4 is 18.5 Å². The predicted octanol–water partition coefficient (Wildman–Crippen LogP) is 2.24. The number of amides is 1. The summed E-state index contributed by atoms with van der Waals surface area (Å²) in [5.41, 5.74) is 3.56. The van der Waals surface area contributed by atoms with Crippen LogP contribution in [-0.2, 0) is 11.2 Å². The van der Waals surface area contributed by atoms with Gasteiger partial charge in [0.2, 0.25) is 5.91 Å². The lowest BCUT2D eigenvalue weighted by Crippen LogP contribution is -2.29. The van der Waals surface area contributed by atoms with Crippen LogP contribution in [0.1, 0.15) is 16.7 Å². The first kappa shape index (κ1) is 14.9. The molecular weight excluding hydrogens is 246 g/mol. The fourth-order valence-electron chi connectivity index (χ4n) is 1.99. The van der Waals surface area contributed by atoms with Crippen molar-refractivity contribution in [2.75, 3.05) is 26.5 Å². The van der Waals surface area contributed by atoms with Gasteiger partial charge in [0.25, 0.3) is 0 Å². The molecule has 0 saturated carbocycles. The fraction of sp³-hybridized carbons (Fsp3) is 0.500. The van der Waals surface area contributed by atoms with E-state index in [1.807, 2.05) is 6.07 Å². The molecule has 0 unspecified atom stereocenters. The third-order valence-electron chi connectivity index (χ3n) is 3.05. The number of ether oxygens (including phenoxy) is 1. The molecular formula is C14H21NO2S. The van der Waals surface area contributed by atoms with Gasteiger partial charge in [-0.3, -0.25) is 4.79 Å². The Morgan fingerprint density at radius 2 is 2.06 bits per heavy atom. The van der Waals surface area contributed by atoms with Crippen LogP contribution in [0.5, 0.6) is 5.75 Å². The van der Waals surface area contributed by atoms with E-state index in [9.17, 15) is 4.79 Å². The first-order valence-corrected chi connectivity index (χ1v) is 6.61. The summed E-state index contributed by atoms with van der Waals surface area (Å²) in [7, 11) is 3.48. The number of nitrogens with zero attached hydrogens (tertiary/aromatic N) is 1. The number of rotatable bonds is 5. The summed E-state index contributed by atoms with van der Waals surface area (Å²) in [6.45, 7) is 4.81. The van der Waals surface area contributed by atoms with Gasteiger partial charge < -0.3 is 9.64 Å². The second-order valence-corrected chi connectivity index (χ2v) is 4.80. The van der Waals surface area contributed by atoms with Gasteiger partial charge in [0.05, 0.1) is 12.9 Å². The van der Waals surface area contributed by atoms with Crippen LogP contribution in [0.2, 0.25) is 0 Å². The summed E-state index contributed by atoms with van der Waals surface area (Å²) in [6.07, 6.45) is 0.797. The van der Waals surface area contributed by atoms with E-state index in [1.165, 1.54) is 16.7 Å². The molecule has 0 spiro atoms. The number of likely N-dealkylation sites (N-methyl/N-ethyl adjacent to an activating group) is 1. The van der Waals surface area contributed by atoms with Crippen molar-refractivity contribution in [2.45, 2.75) is 20.3 Å². The lowest BCUT2D eigenvalue weighted by molar-refractivity contribution is -0.127. The van der Waals surface area contributed by atoms with Gasteiger partial charge in [-0.2, -0.15) is 12.6 Å². The van der Waals surface area contributed by atoms with E-state index in [0.717, 1.165) is 12.2 Å². The summed E-state index contributed by atoms with van der Waals surface area (Å²) in [5, 5.41) is 0. The maximum atomic E-state index is 11.4. The van der Waals surface area contributed by atoms with Crippen molar-refractivity contribution in [3.05, 3.63) is 28.8 Å². The molecule has 0 N–H and O–H groups in total. The average molecular weight is 267 g/mol. The molecule has 18 heavy (non-hydrogen) atoms. The van der Waals surface area contributed by atoms with Crippen molar-refractivity contribution in [1.82, 2.24) is 4.90 Å². The standard InChI is InChI=1S/C14H21NO2S/c1-10-7-11(2)12(13(8-10)17-4)5-6-15(3)14(16)9-18/h7-8,18H,5-6,9H2,1-4H3. The minimum Gasteiger partial charge on any atom is -0.496 e. The number of hydrogen-bond donors (Lipinski definition) is 1. The Morgan fingerprint density at radius 1 is 1.39 bits per heavy atom. The molecule has 0 aromatic heterocycles. The van der Waals surface area contributed by atoms with Gasteiger partial charge in [-0.25, -0.2) is 0 Å². The quantitative estimate of drug-likeness (QED) is 0.829.